The predicted molar refractivity (Wildman–Crippen MR) is 27.2 cm³/mol. The largest absolute Gasteiger partial charge is 0.512 e. The minimum atomic E-state index is -0.653. The quantitative estimate of drug-likeness (QED) is 0.321. The summed E-state index contributed by atoms with van der Waals surface area (Å²) in [6, 6.07) is 0. The molecule has 7 heavy (non-hydrogen) atoms. The van der Waals surface area contributed by atoms with E-state index in [-0.39, 0.29) is 5.76 Å². The van der Waals surface area contributed by atoms with E-state index in [4.69, 9.17) is 16.7 Å². The monoisotopic (exact) mass is 120 g/mol. The molecule has 0 aromatic rings. The van der Waals surface area contributed by atoms with Crippen LogP contribution in [0.1, 0.15) is 6.92 Å². The van der Waals surface area contributed by atoms with Gasteiger partial charge in [-0.15, -0.1) is 0 Å². The minimum Gasteiger partial charge on any atom is -0.512 e. The third kappa shape index (κ3) is 5.50. The molecule has 0 aromatic heterocycles. The van der Waals surface area contributed by atoms with E-state index >= 15 is 0 Å². The zero-order valence-corrected chi connectivity index (χ0v) is 4.57. The maximum absolute atomic E-state index is 9.78. The van der Waals surface area contributed by atoms with Crippen molar-refractivity contribution in [3.63, 3.8) is 0 Å². The zero-order chi connectivity index (χ0) is 5.86. The van der Waals surface area contributed by atoms with Gasteiger partial charge in [-0.3, -0.25) is 4.79 Å². The average Bonchev–Trinajstić information content (AvgIpc) is 1.27. The molecule has 0 aliphatic carbocycles. The lowest BCUT2D eigenvalue weighted by atomic mass is 10.5. The fourth-order valence-corrected chi connectivity index (χ4v) is 0.322. The number of aliphatic hydroxyl groups is 1. The zero-order valence-electron chi connectivity index (χ0n) is 3.81. The van der Waals surface area contributed by atoms with E-state index in [9.17, 15) is 4.79 Å². The molecule has 0 unspecified atom stereocenters. The van der Waals surface area contributed by atoms with Crippen molar-refractivity contribution in [1.82, 2.24) is 0 Å². The van der Waals surface area contributed by atoms with E-state index in [1.807, 2.05) is 0 Å². The lowest BCUT2D eigenvalue weighted by molar-refractivity contribution is -0.107. The first-order valence-electron chi connectivity index (χ1n) is 1.69. The highest BCUT2D eigenvalue weighted by Gasteiger charge is 1.86. The summed E-state index contributed by atoms with van der Waals surface area (Å²) in [5.74, 6) is -0.0694. The van der Waals surface area contributed by atoms with Gasteiger partial charge in [-0.1, -0.05) is 0 Å². The number of rotatable bonds is 1. The van der Waals surface area contributed by atoms with E-state index in [0.29, 0.717) is 0 Å². The number of hydrogen-bond donors (Lipinski definition) is 1. The second-order valence-electron chi connectivity index (χ2n) is 1.09. The average molecular weight is 121 g/mol. The summed E-state index contributed by atoms with van der Waals surface area (Å²) in [6.07, 6.45) is 0.932. The third-order valence-electron chi connectivity index (χ3n) is 0.322. The van der Waals surface area contributed by atoms with E-state index in [1.54, 1.807) is 0 Å². The van der Waals surface area contributed by atoms with Gasteiger partial charge < -0.3 is 5.11 Å². The summed E-state index contributed by atoms with van der Waals surface area (Å²) >= 11 is 4.80. The van der Waals surface area contributed by atoms with Gasteiger partial charge in [0.1, 0.15) is 0 Å². The minimum absolute atomic E-state index is 0.0694. The number of allylic oxidation sites excluding steroid dienone is 2. The Kier molecular flexibility index (Phi) is 2.45. The summed E-state index contributed by atoms with van der Waals surface area (Å²) in [4.78, 5) is 9.78. The number of hydrogen-bond acceptors (Lipinski definition) is 2. The summed E-state index contributed by atoms with van der Waals surface area (Å²) in [7, 11) is 0. The molecule has 0 spiro atoms. The molecular weight excluding hydrogens is 115 g/mol. The fraction of sp³-hybridized carbons (Fsp3) is 0.250. The highest BCUT2D eigenvalue weighted by atomic mass is 35.5. The topological polar surface area (TPSA) is 37.3 Å². The normalized spacial score (nSPS) is 11.4. The molecule has 0 atom stereocenters. The summed E-state index contributed by atoms with van der Waals surface area (Å²) < 4.78 is 0. The summed E-state index contributed by atoms with van der Waals surface area (Å²) in [5, 5.41) is 7.63. The van der Waals surface area contributed by atoms with Gasteiger partial charge in [-0.05, 0) is 18.5 Å². The van der Waals surface area contributed by atoms with E-state index in [1.165, 1.54) is 6.92 Å². The van der Waals surface area contributed by atoms with Crippen LogP contribution in [0.3, 0.4) is 0 Å². The molecule has 1 N–H and O–H groups in total. The Labute approximate surface area is 46.4 Å². The molecule has 0 radical (unpaired) electrons. The Morgan fingerprint density at radius 3 is 2.29 bits per heavy atom. The molecule has 0 aliphatic rings. The highest BCUT2D eigenvalue weighted by Crippen LogP contribution is 1.87. The molecule has 40 valence electrons. The van der Waals surface area contributed by atoms with Gasteiger partial charge in [0.15, 0.2) is 0 Å². The molecular formula is C4H5ClO2. The van der Waals surface area contributed by atoms with Crippen molar-refractivity contribution in [3.05, 3.63) is 11.8 Å². The van der Waals surface area contributed by atoms with E-state index in [2.05, 4.69) is 0 Å². The maximum Gasteiger partial charge on any atom is 0.248 e. The number of halogens is 1. The van der Waals surface area contributed by atoms with Crippen LogP contribution in [0.2, 0.25) is 0 Å². The van der Waals surface area contributed by atoms with Crippen LogP contribution in [-0.4, -0.2) is 10.3 Å². The smallest absolute Gasteiger partial charge is 0.248 e. The SMILES string of the molecule is CC(O)=CC(=O)Cl. The molecule has 0 fully saturated rings. The van der Waals surface area contributed by atoms with Crippen LogP contribution in [0, 0.1) is 0 Å². The Bertz CT molecular complexity index is 102. The number of aliphatic hydroxyl groups excluding tert-OH is 1. The first kappa shape index (κ1) is 6.50. The molecule has 0 heterocycles. The van der Waals surface area contributed by atoms with Crippen molar-refractivity contribution >= 4 is 16.8 Å². The fourth-order valence-electron chi connectivity index (χ4n) is 0.164. The van der Waals surface area contributed by atoms with Gasteiger partial charge in [0.25, 0.3) is 0 Å². The van der Waals surface area contributed by atoms with Crippen molar-refractivity contribution in [2.75, 3.05) is 0 Å². The van der Waals surface area contributed by atoms with Crippen molar-refractivity contribution in [1.29, 1.82) is 0 Å². The molecule has 3 heteroatoms. The van der Waals surface area contributed by atoms with Crippen LogP contribution in [-0.2, 0) is 4.79 Å². The van der Waals surface area contributed by atoms with Crippen molar-refractivity contribution in [2.45, 2.75) is 6.92 Å². The number of carbonyl (C=O) groups excluding carboxylic acids is 1. The molecule has 0 bridgehead atoms. The Morgan fingerprint density at radius 1 is 1.86 bits per heavy atom. The molecule has 0 aromatic carbocycles. The first-order chi connectivity index (χ1) is 3.13. The van der Waals surface area contributed by atoms with Crippen LogP contribution in [0.4, 0.5) is 0 Å². The van der Waals surface area contributed by atoms with Crippen LogP contribution >= 0.6 is 11.6 Å². The van der Waals surface area contributed by atoms with Crippen molar-refractivity contribution in [2.24, 2.45) is 0 Å². The molecule has 0 saturated heterocycles. The maximum atomic E-state index is 9.78. The third-order valence-corrected chi connectivity index (χ3v) is 0.431. The highest BCUT2D eigenvalue weighted by molar-refractivity contribution is 6.66. The van der Waals surface area contributed by atoms with E-state index < -0.39 is 5.24 Å². The predicted octanol–water partition coefficient (Wildman–Crippen LogP) is 1.21. The number of carbonyl (C=O) groups is 1. The Morgan fingerprint density at radius 2 is 2.29 bits per heavy atom. The van der Waals surface area contributed by atoms with Crippen molar-refractivity contribution in [3.8, 4) is 0 Å². The van der Waals surface area contributed by atoms with Crippen LogP contribution < -0.4 is 0 Å². The Balaban J connectivity index is 3.68. The standard InChI is InChI=1S/C4H5ClO2/c1-3(6)2-4(5)7/h2,6H,1H3. The van der Waals surface area contributed by atoms with Crippen LogP contribution in [0.15, 0.2) is 11.8 Å². The summed E-state index contributed by atoms with van der Waals surface area (Å²) in [6.45, 7) is 1.38. The van der Waals surface area contributed by atoms with Gasteiger partial charge in [0, 0.05) is 6.08 Å². The van der Waals surface area contributed by atoms with Gasteiger partial charge in [-0.25, -0.2) is 0 Å². The van der Waals surface area contributed by atoms with Crippen LogP contribution in [0.25, 0.3) is 0 Å². The lowest BCUT2D eigenvalue weighted by Crippen LogP contribution is -1.78. The van der Waals surface area contributed by atoms with Gasteiger partial charge >= 0.3 is 0 Å². The molecule has 0 amide bonds. The molecule has 2 nitrogen and oxygen atoms in total. The summed E-state index contributed by atoms with van der Waals surface area (Å²) in [5.41, 5.74) is 0. The molecule has 0 aliphatic heterocycles. The Hall–Kier alpha value is -0.500. The van der Waals surface area contributed by atoms with Crippen LogP contribution in [0.5, 0.6) is 0 Å². The van der Waals surface area contributed by atoms with Crippen molar-refractivity contribution < 1.29 is 9.90 Å². The van der Waals surface area contributed by atoms with Gasteiger partial charge in [-0.2, -0.15) is 0 Å². The van der Waals surface area contributed by atoms with Gasteiger partial charge in [0.2, 0.25) is 5.24 Å². The molecule has 0 rings (SSSR count). The van der Waals surface area contributed by atoms with Gasteiger partial charge in [0.05, 0.1) is 5.76 Å². The molecule has 0 saturated carbocycles. The lowest BCUT2D eigenvalue weighted by Gasteiger charge is -1.79. The first-order valence-corrected chi connectivity index (χ1v) is 2.07. The second kappa shape index (κ2) is 2.64. The second-order valence-corrected chi connectivity index (χ2v) is 1.46. The van der Waals surface area contributed by atoms with E-state index in [0.717, 1.165) is 6.08 Å².